The van der Waals surface area contributed by atoms with Crippen LogP contribution in [0.25, 0.3) is 0 Å². The van der Waals surface area contributed by atoms with Crippen molar-refractivity contribution in [1.29, 1.82) is 0 Å². The van der Waals surface area contributed by atoms with Gasteiger partial charge in [0.05, 0.1) is 13.2 Å². The molecule has 2 saturated carbocycles. The van der Waals surface area contributed by atoms with Crippen LogP contribution in [0, 0.1) is 11.8 Å². The molecule has 0 amide bonds. The molecule has 2 aliphatic rings. The van der Waals surface area contributed by atoms with E-state index in [0.717, 1.165) is 38.2 Å². The minimum Gasteiger partial charge on any atom is -0.383 e. The van der Waals surface area contributed by atoms with Crippen molar-refractivity contribution in [2.75, 3.05) is 33.5 Å². The summed E-state index contributed by atoms with van der Waals surface area (Å²) in [6.45, 7) is 3.63. The molecular formula is C12H23NO2. The Hall–Kier alpha value is -0.120. The second kappa shape index (κ2) is 5.83. The summed E-state index contributed by atoms with van der Waals surface area (Å²) in [4.78, 5) is 0. The van der Waals surface area contributed by atoms with Crippen LogP contribution in [0.3, 0.4) is 0 Å². The molecule has 0 aromatic carbocycles. The van der Waals surface area contributed by atoms with Crippen LogP contribution >= 0.6 is 0 Å². The number of hydrogen-bond donors (Lipinski definition) is 1. The highest BCUT2D eigenvalue weighted by atomic mass is 16.5. The van der Waals surface area contributed by atoms with Gasteiger partial charge in [0.25, 0.3) is 0 Å². The first-order valence-corrected chi connectivity index (χ1v) is 6.20. The number of rotatable bonds is 9. The highest BCUT2D eigenvalue weighted by molar-refractivity contribution is 4.86. The lowest BCUT2D eigenvalue weighted by molar-refractivity contribution is 0.113. The molecule has 88 valence electrons. The van der Waals surface area contributed by atoms with E-state index in [9.17, 15) is 0 Å². The zero-order valence-corrected chi connectivity index (χ0v) is 9.71. The number of nitrogens with one attached hydrogen (secondary N) is 1. The van der Waals surface area contributed by atoms with E-state index in [1.54, 1.807) is 7.11 Å². The van der Waals surface area contributed by atoms with E-state index in [-0.39, 0.29) is 0 Å². The third kappa shape index (κ3) is 4.49. The molecule has 0 heterocycles. The molecular weight excluding hydrogens is 190 g/mol. The second-order valence-electron chi connectivity index (χ2n) is 4.87. The molecule has 2 rings (SSSR count). The van der Waals surface area contributed by atoms with Gasteiger partial charge in [0, 0.05) is 26.3 Å². The highest BCUT2D eigenvalue weighted by Gasteiger charge is 2.30. The molecule has 1 unspecified atom stereocenters. The van der Waals surface area contributed by atoms with Crippen LogP contribution in [0.5, 0.6) is 0 Å². The summed E-state index contributed by atoms with van der Waals surface area (Å²) in [6.07, 6.45) is 5.48. The fourth-order valence-corrected chi connectivity index (χ4v) is 1.89. The van der Waals surface area contributed by atoms with E-state index in [0.29, 0.717) is 6.04 Å². The molecule has 0 bridgehead atoms. The minimum atomic E-state index is 0.555. The Morgan fingerprint density at radius 2 is 2.07 bits per heavy atom. The maximum atomic E-state index is 5.58. The minimum absolute atomic E-state index is 0.555. The van der Waals surface area contributed by atoms with Crippen molar-refractivity contribution in [3.8, 4) is 0 Å². The predicted molar refractivity (Wildman–Crippen MR) is 59.9 cm³/mol. The van der Waals surface area contributed by atoms with Gasteiger partial charge in [-0.25, -0.2) is 0 Å². The van der Waals surface area contributed by atoms with Crippen LogP contribution in [0.15, 0.2) is 0 Å². The zero-order chi connectivity index (χ0) is 10.5. The van der Waals surface area contributed by atoms with Crippen LogP contribution in [-0.4, -0.2) is 39.5 Å². The average Bonchev–Trinajstić information content (AvgIpc) is 3.08. The Bertz CT molecular complexity index is 178. The molecule has 0 spiro atoms. The first kappa shape index (κ1) is 11.4. The lowest BCUT2D eigenvalue weighted by Crippen LogP contribution is -2.37. The molecule has 1 atom stereocenters. The summed E-state index contributed by atoms with van der Waals surface area (Å²) < 4.78 is 10.8. The van der Waals surface area contributed by atoms with Crippen molar-refractivity contribution in [3.63, 3.8) is 0 Å². The maximum absolute atomic E-state index is 5.58. The molecule has 0 aliphatic heterocycles. The number of ether oxygens (including phenoxy) is 2. The van der Waals surface area contributed by atoms with Crippen molar-refractivity contribution in [2.45, 2.75) is 31.7 Å². The van der Waals surface area contributed by atoms with Crippen molar-refractivity contribution < 1.29 is 9.47 Å². The van der Waals surface area contributed by atoms with Gasteiger partial charge in [-0.2, -0.15) is 0 Å². The molecule has 2 aliphatic carbocycles. The molecule has 3 nitrogen and oxygen atoms in total. The summed E-state index contributed by atoms with van der Waals surface area (Å²) in [5, 5.41) is 3.53. The van der Waals surface area contributed by atoms with Crippen LogP contribution in [-0.2, 0) is 9.47 Å². The first-order chi connectivity index (χ1) is 7.40. The third-order valence-corrected chi connectivity index (χ3v) is 3.24. The van der Waals surface area contributed by atoms with Gasteiger partial charge in [0.1, 0.15) is 0 Å². The molecule has 0 radical (unpaired) electrons. The van der Waals surface area contributed by atoms with Crippen molar-refractivity contribution in [3.05, 3.63) is 0 Å². The van der Waals surface area contributed by atoms with Crippen LogP contribution in [0.2, 0.25) is 0 Å². The summed E-state index contributed by atoms with van der Waals surface area (Å²) >= 11 is 0. The summed E-state index contributed by atoms with van der Waals surface area (Å²) in [5.41, 5.74) is 0. The standard InChI is InChI=1S/C12H23NO2/c1-14-9-12(11-4-5-11)13-6-7-15-8-10-2-3-10/h10-13H,2-9H2,1H3. The highest BCUT2D eigenvalue weighted by Crippen LogP contribution is 2.32. The Kier molecular flexibility index (Phi) is 4.42. The average molecular weight is 213 g/mol. The van der Waals surface area contributed by atoms with Gasteiger partial charge in [0.2, 0.25) is 0 Å². The summed E-state index contributed by atoms with van der Waals surface area (Å²) in [6, 6.07) is 0.555. The molecule has 0 aromatic rings. The topological polar surface area (TPSA) is 30.5 Å². The smallest absolute Gasteiger partial charge is 0.0618 e. The predicted octanol–water partition coefficient (Wildman–Crippen LogP) is 1.43. The Morgan fingerprint density at radius 3 is 2.67 bits per heavy atom. The maximum Gasteiger partial charge on any atom is 0.0618 e. The Morgan fingerprint density at radius 1 is 1.27 bits per heavy atom. The quantitative estimate of drug-likeness (QED) is 0.588. The van der Waals surface area contributed by atoms with Crippen molar-refractivity contribution in [1.82, 2.24) is 5.32 Å². The van der Waals surface area contributed by atoms with Crippen molar-refractivity contribution >= 4 is 0 Å². The number of methoxy groups -OCH3 is 1. The van der Waals surface area contributed by atoms with Gasteiger partial charge in [-0.1, -0.05) is 0 Å². The van der Waals surface area contributed by atoms with E-state index in [4.69, 9.17) is 9.47 Å². The van der Waals surface area contributed by atoms with Crippen LogP contribution in [0.4, 0.5) is 0 Å². The zero-order valence-electron chi connectivity index (χ0n) is 9.71. The van der Waals surface area contributed by atoms with Gasteiger partial charge >= 0.3 is 0 Å². The largest absolute Gasteiger partial charge is 0.383 e. The SMILES string of the molecule is COCC(NCCOCC1CC1)C1CC1. The Labute approximate surface area is 92.5 Å². The molecule has 2 fully saturated rings. The van der Waals surface area contributed by atoms with E-state index in [1.165, 1.54) is 25.7 Å². The monoisotopic (exact) mass is 213 g/mol. The fourth-order valence-electron chi connectivity index (χ4n) is 1.89. The van der Waals surface area contributed by atoms with Crippen LogP contribution in [0.1, 0.15) is 25.7 Å². The summed E-state index contributed by atoms with van der Waals surface area (Å²) in [5.74, 6) is 1.73. The lowest BCUT2D eigenvalue weighted by Gasteiger charge is -2.17. The van der Waals surface area contributed by atoms with Gasteiger partial charge in [-0.05, 0) is 37.5 Å². The number of hydrogen-bond acceptors (Lipinski definition) is 3. The van der Waals surface area contributed by atoms with Crippen molar-refractivity contribution in [2.24, 2.45) is 11.8 Å². The normalized spacial score (nSPS) is 23.0. The van der Waals surface area contributed by atoms with E-state index in [1.807, 2.05) is 0 Å². The van der Waals surface area contributed by atoms with Gasteiger partial charge in [-0.15, -0.1) is 0 Å². The van der Waals surface area contributed by atoms with E-state index in [2.05, 4.69) is 5.32 Å². The van der Waals surface area contributed by atoms with Gasteiger partial charge in [0.15, 0.2) is 0 Å². The van der Waals surface area contributed by atoms with Gasteiger partial charge in [-0.3, -0.25) is 0 Å². The molecule has 0 aromatic heterocycles. The molecule has 0 saturated heterocycles. The fraction of sp³-hybridized carbons (Fsp3) is 1.00. The molecule has 1 N–H and O–H groups in total. The first-order valence-electron chi connectivity index (χ1n) is 6.20. The second-order valence-corrected chi connectivity index (χ2v) is 4.87. The molecule has 3 heteroatoms. The van der Waals surface area contributed by atoms with Gasteiger partial charge < -0.3 is 14.8 Å². The lowest BCUT2D eigenvalue weighted by atomic mass is 10.2. The third-order valence-electron chi connectivity index (χ3n) is 3.24. The summed E-state index contributed by atoms with van der Waals surface area (Å²) in [7, 11) is 1.78. The van der Waals surface area contributed by atoms with E-state index >= 15 is 0 Å². The van der Waals surface area contributed by atoms with E-state index < -0.39 is 0 Å². The van der Waals surface area contributed by atoms with Crippen LogP contribution < -0.4 is 5.32 Å². The Balaban J connectivity index is 1.46. The molecule has 15 heavy (non-hydrogen) atoms.